The fourth-order valence-electron chi connectivity index (χ4n) is 5.44. The van der Waals surface area contributed by atoms with Gasteiger partial charge in [0.1, 0.15) is 0 Å². The summed E-state index contributed by atoms with van der Waals surface area (Å²) in [5.74, 6) is 5.38. The maximum atomic E-state index is 2.51. The summed E-state index contributed by atoms with van der Waals surface area (Å²) >= 11 is 0. The molecule has 3 aliphatic carbocycles. The quantitative estimate of drug-likeness (QED) is 0.358. The normalized spacial score (nSPS) is 37.5. The van der Waals surface area contributed by atoms with Crippen LogP contribution in [0.25, 0.3) is 0 Å². The second kappa shape index (κ2) is 10.2. The molecule has 0 spiro atoms. The Bertz CT molecular complexity index is 278. The monoisotopic (exact) mass is 520 g/mol. The first kappa shape index (κ1) is 19.4. The minimum atomic E-state index is 0. The summed E-state index contributed by atoms with van der Waals surface area (Å²) in [5.41, 5.74) is 0. The van der Waals surface area contributed by atoms with Crippen LogP contribution in [0.5, 0.6) is 0 Å². The number of hydrogen-bond donors (Lipinski definition) is 0. The van der Waals surface area contributed by atoms with E-state index in [1.807, 2.05) is 0 Å². The summed E-state index contributed by atoms with van der Waals surface area (Å²) < 4.78 is 0. The van der Waals surface area contributed by atoms with Crippen LogP contribution in [0.2, 0.25) is 0 Å². The summed E-state index contributed by atoms with van der Waals surface area (Å²) in [4.78, 5) is 0. The van der Waals surface area contributed by atoms with E-state index >= 15 is 0 Å². The summed E-state index contributed by atoms with van der Waals surface area (Å²) in [5, 5.41) is 0. The minimum Gasteiger partial charge on any atom is -0.328 e. The molecule has 0 saturated heterocycles. The van der Waals surface area contributed by atoms with E-state index in [1.54, 1.807) is 51.4 Å². The van der Waals surface area contributed by atoms with Crippen molar-refractivity contribution >= 4 is 0 Å². The molecule has 3 saturated carbocycles. The molecule has 0 aromatic rings. The van der Waals surface area contributed by atoms with Crippen LogP contribution in [0.3, 0.4) is 0 Å². The van der Waals surface area contributed by atoms with Crippen LogP contribution in [-0.2, 0) is 0 Å². The Morgan fingerprint density at radius 1 is 0.591 bits per heavy atom. The second-order valence-electron chi connectivity index (χ2n) is 8.79. The molecule has 1 heteroatoms. The van der Waals surface area contributed by atoms with Crippen LogP contribution in [0, 0.1) is 68.3 Å². The standard InChI is InChI=1S/C21H37.Pa/c1-17-7-9-19(10-8-17)16-21-13-11-20(12-14-21)15-18-5-3-2-4-6-18;/h2,17-21H,3-16H2,1H3;/q-1;. The van der Waals surface area contributed by atoms with E-state index < -0.39 is 0 Å². The summed E-state index contributed by atoms with van der Waals surface area (Å²) in [6, 6.07) is 0. The molecule has 0 aliphatic heterocycles. The molecule has 0 nitrogen and oxygen atoms in total. The van der Waals surface area contributed by atoms with Crippen molar-refractivity contribution in [1.29, 1.82) is 0 Å². The van der Waals surface area contributed by atoms with Gasteiger partial charge in [0, 0.05) is 32.3 Å². The first-order valence-corrected chi connectivity index (χ1v) is 10.1. The molecule has 22 heavy (non-hydrogen) atoms. The average molecular weight is 521 g/mol. The summed E-state index contributed by atoms with van der Waals surface area (Å²) in [6.07, 6.45) is 23.8. The van der Waals surface area contributed by atoms with Gasteiger partial charge in [-0.2, -0.15) is 12.8 Å². The van der Waals surface area contributed by atoms with Crippen LogP contribution in [0.4, 0.5) is 0 Å². The van der Waals surface area contributed by atoms with Crippen LogP contribution in [0.15, 0.2) is 0 Å². The molecule has 0 atom stereocenters. The maximum absolute atomic E-state index is 2.51. The van der Waals surface area contributed by atoms with Crippen molar-refractivity contribution in [3.63, 3.8) is 0 Å². The first-order valence-electron chi connectivity index (χ1n) is 10.1. The zero-order chi connectivity index (χ0) is 14.5. The summed E-state index contributed by atoms with van der Waals surface area (Å²) in [6.45, 7) is 2.45. The van der Waals surface area contributed by atoms with E-state index in [0.29, 0.717) is 0 Å². The van der Waals surface area contributed by atoms with E-state index in [9.17, 15) is 0 Å². The third-order valence-corrected chi connectivity index (χ3v) is 6.99. The molecule has 3 rings (SSSR count). The molecular weight excluding hydrogens is 483 g/mol. The molecule has 0 aromatic heterocycles. The van der Waals surface area contributed by atoms with Gasteiger partial charge in [-0.15, -0.1) is 0 Å². The second-order valence-corrected chi connectivity index (χ2v) is 8.79. The van der Waals surface area contributed by atoms with Crippen LogP contribution in [0.1, 0.15) is 96.8 Å². The van der Waals surface area contributed by atoms with Gasteiger partial charge in [0.05, 0.1) is 0 Å². The zero-order valence-corrected chi connectivity index (χ0v) is 19.7. The number of rotatable bonds is 4. The number of hydrogen-bond acceptors (Lipinski definition) is 0. The van der Waals surface area contributed by atoms with E-state index in [4.69, 9.17) is 0 Å². The molecule has 0 heterocycles. The average Bonchev–Trinajstić information content (AvgIpc) is 2.53. The van der Waals surface area contributed by atoms with E-state index in [1.165, 1.54) is 38.5 Å². The Morgan fingerprint density at radius 3 is 1.41 bits per heavy atom. The van der Waals surface area contributed by atoms with Gasteiger partial charge in [-0.3, -0.25) is 0 Å². The first-order chi connectivity index (χ1) is 10.3. The molecule has 0 aromatic carbocycles. The molecule has 0 amide bonds. The predicted molar refractivity (Wildman–Crippen MR) is 92.1 cm³/mol. The predicted octanol–water partition coefficient (Wildman–Crippen LogP) is 6.79. The van der Waals surface area contributed by atoms with Crippen molar-refractivity contribution in [1.82, 2.24) is 0 Å². The van der Waals surface area contributed by atoms with Gasteiger partial charge in [-0.25, -0.2) is 0 Å². The zero-order valence-electron chi connectivity index (χ0n) is 14.9. The Balaban J connectivity index is 0.00000176. The molecule has 0 bridgehead atoms. The Kier molecular flexibility index (Phi) is 8.97. The molecule has 125 valence electrons. The maximum Gasteiger partial charge on any atom is 0 e. The van der Waals surface area contributed by atoms with Crippen molar-refractivity contribution in [3.05, 3.63) is 6.42 Å². The third-order valence-electron chi connectivity index (χ3n) is 6.99. The van der Waals surface area contributed by atoms with E-state index in [-0.39, 0.29) is 32.3 Å². The minimum absolute atomic E-state index is 0. The van der Waals surface area contributed by atoms with Gasteiger partial charge in [0.25, 0.3) is 0 Å². The SMILES string of the molecule is CC1CCC(CC2CCC(CC3CC[CH-]CC3)CC2)CC1.[Pa]. The van der Waals surface area contributed by atoms with Crippen LogP contribution in [-0.4, -0.2) is 0 Å². The molecule has 3 aliphatic rings. The molecule has 3 fully saturated rings. The fourth-order valence-corrected chi connectivity index (χ4v) is 5.44. The molecular formula is C21H37Pa-. The smallest absolute Gasteiger partial charge is 0 e. The molecule has 1 radical (unpaired) electrons. The molecule has 0 unspecified atom stereocenters. The van der Waals surface area contributed by atoms with Crippen molar-refractivity contribution in [2.75, 3.05) is 0 Å². The van der Waals surface area contributed by atoms with Gasteiger partial charge in [0.2, 0.25) is 0 Å². The van der Waals surface area contributed by atoms with Gasteiger partial charge in [-0.1, -0.05) is 71.1 Å². The van der Waals surface area contributed by atoms with Crippen molar-refractivity contribution < 1.29 is 32.3 Å². The van der Waals surface area contributed by atoms with E-state index in [2.05, 4.69) is 13.3 Å². The Labute approximate surface area is 164 Å². The van der Waals surface area contributed by atoms with Gasteiger partial charge in [0.15, 0.2) is 0 Å². The van der Waals surface area contributed by atoms with Crippen LogP contribution >= 0.6 is 0 Å². The molecule has 0 N–H and O–H groups in total. The van der Waals surface area contributed by atoms with Crippen LogP contribution < -0.4 is 0 Å². The Hall–Kier alpha value is 1.09. The third kappa shape index (κ3) is 6.19. The van der Waals surface area contributed by atoms with Crippen molar-refractivity contribution in [3.8, 4) is 0 Å². The van der Waals surface area contributed by atoms with Gasteiger partial charge >= 0.3 is 0 Å². The van der Waals surface area contributed by atoms with Gasteiger partial charge in [-0.05, 0) is 42.4 Å². The van der Waals surface area contributed by atoms with E-state index in [0.717, 1.165) is 29.6 Å². The Morgan fingerprint density at radius 2 is 0.955 bits per heavy atom. The fraction of sp³-hybridized carbons (Fsp3) is 0.952. The van der Waals surface area contributed by atoms with Crippen molar-refractivity contribution in [2.24, 2.45) is 29.6 Å². The van der Waals surface area contributed by atoms with Gasteiger partial charge < -0.3 is 6.42 Å². The largest absolute Gasteiger partial charge is 0.328 e. The summed E-state index contributed by atoms with van der Waals surface area (Å²) in [7, 11) is 0. The van der Waals surface area contributed by atoms with Crippen molar-refractivity contribution in [2.45, 2.75) is 96.8 Å². The topological polar surface area (TPSA) is 0 Å².